The maximum absolute atomic E-state index is 12.0. The van der Waals surface area contributed by atoms with E-state index in [0.717, 1.165) is 21.6 Å². The molecule has 0 saturated heterocycles. The third-order valence-electron chi connectivity index (χ3n) is 2.79. The van der Waals surface area contributed by atoms with Crippen molar-refractivity contribution in [1.29, 1.82) is 0 Å². The fourth-order valence-corrected chi connectivity index (χ4v) is 3.37. The van der Waals surface area contributed by atoms with E-state index in [-0.39, 0.29) is 5.63 Å². The van der Waals surface area contributed by atoms with Crippen LogP contribution in [0.1, 0.15) is 5.56 Å². The van der Waals surface area contributed by atoms with E-state index in [1.54, 1.807) is 11.8 Å². The number of allylic oxidation sites excluding steroid dienone is 1. The Bertz CT molecular complexity index is 673. The smallest absolute Gasteiger partial charge is 0.345 e. The van der Waals surface area contributed by atoms with Crippen LogP contribution in [0.25, 0.3) is 16.5 Å². The molecule has 0 fully saturated rings. The molecule has 0 spiro atoms. The lowest BCUT2D eigenvalue weighted by atomic mass is 10.1. The Labute approximate surface area is 107 Å². The minimum Gasteiger partial charge on any atom is -0.422 e. The number of hydrogen-bond donors (Lipinski definition) is 0. The van der Waals surface area contributed by atoms with Crippen molar-refractivity contribution in [3.05, 3.63) is 46.3 Å². The van der Waals surface area contributed by atoms with Crippen molar-refractivity contribution in [2.24, 2.45) is 0 Å². The Morgan fingerprint density at radius 1 is 1.35 bits per heavy atom. The van der Waals surface area contributed by atoms with Crippen LogP contribution in [0, 0.1) is 0 Å². The summed E-state index contributed by atoms with van der Waals surface area (Å²) in [6, 6.07) is 7.60. The Hall–Kier alpha value is -1.19. The molecule has 2 heterocycles. The molecule has 1 aromatic carbocycles. The Morgan fingerprint density at radius 3 is 3.00 bits per heavy atom. The van der Waals surface area contributed by atoms with Gasteiger partial charge < -0.3 is 4.42 Å². The molecular weight excluding hydrogens is 256 g/mol. The first-order valence-corrected chi connectivity index (χ1v) is 6.77. The molecule has 0 N–H and O–H groups in total. The number of benzene rings is 1. The van der Waals surface area contributed by atoms with E-state index in [2.05, 4.69) is 0 Å². The molecule has 1 aliphatic heterocycles. The summed E-state index contributed by atoms with van der Waals surface area (Å²) in [5.74, 6) is 1.19. The summed E-state index contributed by atoms with van der Waals surface area (Å²) < 4.78 is 5.32. The molecule has 3 rings (SSSR count). The van der Waals surface area contributed by atoms with Crippen LogP contribution in [0.4, 0.5) is 0 Å². The molecule has 17 heavy (non-hydrogen) atoms. The lowest BCUT2D eigenvalue weighted by Gasteiger charge is -2.15. The first-order chi connectivity index (χ1) is 8.31. The number of fused-ring (bicyclic) bond motifs is 3. The molecule has 2 aromatic rings. The Kier molecular flexibility index (Phi) is 2.73. The van der Waals surface area contributed by atoms with Crippen LogP contribution in [0.2, 0.25) is 0 Å². The second-order valence-corrected chi connectivity index (χ2v) is 5.06. The molecule has 86 valence electrons. The average Bonchev–Trinajstić information content (AvgIpc) is 2.38. The van der Waals surface area contributed by atoms with Gasteiger partial charge in [0, 0.05) is 21.9 Å². The van der Waals surface area contributed by atoms with Gasteiger partial charge in [-0.2, -0.15) is 0 Å². The van der Waals surface area contributed by atoms with Gasteiger partial charge in [-0.1, -0.05) is 24.3 Å². The third-order valence-corrected chi connectivity index (χ3v) is 4.12. The zero-order chi connectivity index (χ0) is 11.8. The number of alkyl halides is 1. The number of halogens is 1. The molecule has 0 atom stereocenters. The second kappa shape index (κ2) is 4.24. The third kappa shape index (κ3) is 1.70. The fraction of sp³-hybridized carbons (Fsp3) is 0.154. The molecule has 2 nitrogen and oxygen atoms in total. The lowest BCUT2D eigenvalue weighted by molar-refractivity contribution is 0.554. The predicted octanol–water partition coefficient (Wildman–Crippen LogP) is 3.52. The summed E-state index contributed by atoms with van der Waals surface area (Å²) >= 11 is 7.53. The van der Waals surface area contributed by atoms with Crippen molar-refractivity contribution in [2.45, 2.75) is 4.90 Å². The van der Waals surface area contributed by atoms with Gasteiger partial charge in [0.15, 0.2) is 0 Å². The van der Waals surface area contributed by atoms with E-state index in [1.807, 2.05) is 30.3 Å². The summed E-state index contributed by atoms with van der Waals surface area (Å²) in [6.07, 6.45) is 1.99. The van der Waals surface area contributed by atoms with Crippen LogP contribution in [0.3, 0.4) is 0 Å². The highest BCUT2D eigenvalue weighted by atomic mass is 35.5. The number of thioether (sulfide) groups is 1. The highest BCUT2D eigenvalue weighted by Crippen LogP contribution is 2.36. The summed E-state index contributed by atoms with van der Waals surface area (Å²) in [5, 5.41) is 0.989. The van der Waals surface area contributed by atoms with Crippen LogP contribution < -0.4 is 5.63 Å². The first kappa shape index (κ1) is 10.9. The summed E-state index contributed by atoms with van der Waals surface area (Å²) in [5.41, 5.74) is 1.85. The van der Waals surface area contributed by atoms with Crippen LogP contribution in [0.15, 0.2) is 44.4 Å². The average molecular weight is 265 g/mol. The fourth-order valence-electron chi connectivity index (χ4n) is 2.00. The summed E-state index contributed by atoms with van der Waals surface area (Å²) in [4.78, 5) is 13.0. The van der Waals surface area contributed by atoms with Crippen molar-refractivity contribution in [3.8, 4) is 0 Å². The maximum Gasteiger partial charge on any atom is 0.345 e. The van der Waals surface area contributed by atoms with E-state index in [4.69, 9.17) is 16.0 Å². The molecule has 1 aromatic heterocycles. The van der Waals surface area contributed by atoms with Gasteiger partial charge in [0.2, 0.25) is 0 Å². The van der Waals surface area contributed by atoms with Gasteiger partial charge in [-0.15, -0.1) is 23.4 Å². The van der Waals surface area contributed by atoms with Crippen molar-refractivity contribution in [1.82, 2.24) is 0 Å². The number of hydrogen-bond acceptors (Lipinski definition) is 3. The minimum atomic E-state index is -0.294. The number of para-hydroxylation sites is 1. The topological polar surface area (TPSA) is 30.2 Å². The Morgan fingerprint density at radius 2 is 2.18 bits per heavy atom. The van der Waals surface area contributed by atoms with E-state index < -0.39 is 0 Å². The van der Waals surface area contributed by atoms with E-state index in [0.29, 0.717) is 17.0 Å². The van der Waals surface area contributed by atoms with Gasteiger partial charge in [0.1, 0.15) is 5.58 Å². The highest BCUT2D eigenvalue weighted by molar-refractivity contribution is 7.99. The standard InChI is InChI=1S/C13H9ClO2S/c14-7-8-5-6-17-12-9-3-1-2-4-10(9)16-13(15)11(8)12/h1-5H,6-7H2. The zero-order valence-corrected chi connectivity index (χ0v) is 10.5. The predicted molar refractivity (Wildman–Crippen MR) is 71.9 cm³/mol. The normalized spacial score (nSPS) is 14.5. The van der Waals surface area contributed by atoms with Crippen LogP contribution >= 0.6 is 23.4 Å². The second-order valence-electron chi connectivity index (χ2n) is 3.76. The lowest BCUT2D eigenvalue weighted by Crippen LogP contribution is -2.12. The van der Waals surface area contributed by atoms with Gasteiger partial charge in [-0.3, -0.25) is 0 Å². The molecule has 0 unspecified atom stereocenters. The van der Waals surface area contributed by atoms with Gasteiger partial charge in [-0.05, 0) is 11.6 Å². The first-order valence-electron chi connectivity index (χ1n) is 5.25. The van der Waals surface area contributed by atoms with Crippen molar-refractivity contribution < 1.29 is 4.42 Å². The van der Waals surface area contributed by atoms with Gasteiger partial charge in [0.25, 0.3) is 0 Å². The number of rotatable bonds is 1. The van der Waals surface area contributed by atoms with Crippen molar-refractivity contribution >= 4 is 39.9 Å². The minimum absolute atomic E-state index is 0.294. The van der Waals surface area contributed by atoms with Crippen molar-refractivity contribution in [2.75, 3.05) is 11.6 Å². The molecule has 0 bridgehead atoms. The van der Waals surface area contributed by atoms with Gasteiger partial charge in [0.05, 0.1) is 5.56 Å². The SMILES string of the molecule is O=c1oc2ccccc2c2c1C(CCl)=CCS2. The molecule has 0 amide bonds. The molecule has 0 radical (unpaired) electrons. The maximum atomic E-state index is 12.0. The molecule has 1 aliphatic rings. The molecular formula is C13H9ClO2S. The molecule has 0 saturated carbocycles. The Balaban J connectivity index is 2.43. The largest absolute Gasteiger partial charge is 0.422 e. The highest BCUT2D eigenvalue weighted by Gasteiger charge is 2.20. The molecule has 0 aliphatic carbocycles. The quantitative estimate of drug-likeness (QED) is 0.583. The summed E-state index contributed by atoms with van der Waals surface area (Å²) in [7, 11) is 0. The van der Waals surface area contributed by atoms with E-state index in [9.17, 15) is 4.79 Å². The van der Waals surface area contributed by atoms with E-state index in [1.165, 1.54) is 0 Å². The summed E-state index contributed by atoms with van der Waals surface area (Å²) in [6.45, 7) is 0. The van der Waals surface area contributed by atoms with Gasteiger partial charge in [-0.25, -0.2) is 4.79 Å². The molecule has 4 heteroatoms. The van der Waals surface area contributed by atoms with Crippen LogP contribution in [-0.4, -0.2) is 11.6 Å². The van der Waals surface area contributed by atoms with Crippen LogP contribution in [-0.2, 0) is 0 Å². The monoisotopic (exact) mass is 264 g/mol. The van der Waals surface area contributed by atoms with Crippen LogP contribution in [0.5, 0.6) is 0 Å². The van der Waals surface area contributed by atoms with Gasteiger partial charge >= 0.3 is 5.63 Å². The zero-order valence-electron chi connectivity index (χ0n) is 8.90. The van der Waals surface area contributed by atoms with Crippen molar-refractivity contribution in [3.63, 3.8) is 0 Å². The van der Waals surface area contributed by atoms with E-state index >= 15 is 0 Å².